The van der Waals surface area contributed by atoms with Crippen molar-refractivity contribution in [1.82, 2.24) is 15.1 Å². The first-order chi connectivity index (χ1) is 15.6. The van der Waals surface area contributed by atoms with E-state index in [2.05, 4.69) is 40.7 Å². The number of nitrogens with zero attached hydrogens (tertiary/aromatic N) is 2. The minimum absolute atomic E-state index is 0.0265. The van der Waals surface area contributed by atoms with Crippen molar-refractivity contribution in [1.29, 1.82) is 0 Å². The molecule has 2 aromatic carbocycles. The summed E-state index contributed by atoms with van der Waals surface area (Å²) in [6.45, 7) is 9.25. The molecule has 0 saturated carbocycles. The van der Waals surface area contributed by atoms with E-state index >= 15 is 0 Å². The maximum absolute atomic E-state index is 12.8. The number of amides is 2. The molecule has 1 atom stereocenters. The lowest BCUT2D eigenvalue weighted by atomic mass is 9.95. The van der Waals surface area contributed by atoms with Crippen molar-refractivity contribution < 1.29 is 14.3 Å². The highest BCUT2D eigenvalue weighted by atomic mass is 16.5. The van der Waals surface area contributed by atoms with Crippen LogP contribution in [0.3, 0.4) is 0 Å². The Morgan fingerprint density at radius 1 is 1.09 bits per heavy atom. The number of benzene rings is 2. The zero-order chi connectivity index (χ0) is 22.9. The molecule has 2 amide bonds. The second kappa shape index (κ2) is 11.6. The summed E-state index contributed by atoms with van der Waals surface area (Å²) in [4.78, 5) is 28.8. The zero-order valence-corrected chi connectivity index (χ0v) is 19.3. The molecule has 0 aliphatic carbocycles. The Balaban J connectivity index is 1.90. The minimum atomic E-state index is -0.490. The lowest BCUT2D eigenvalue weighted by Crippen LogP contribution is -2.45. The van der Waals surface area contributed by atoms with Gasteiger partial charge in [-0.15, -0.1) is 0 Å². The SMILES string of the molecule is CCCN(CC)C(=O)c1ccc([C@@H](c2cccc(NC(=O)OC)c2)N2CCNCC2)cc1. The fourth-order valence-corrected chi connectivity index (χ4v) is 4.17. The van der Waals surface area contributed by atoms with E-state index < -0.39 is 6.09 Å². The van der Waals surface area contributed by atoms with Crippen LogP contribution in [0.25, 0.3) is 0 Å². The molecule has 32 heavy (non-hydrogen) atoms. The van der Waals surface area contributed by atoms with Crippen LogP contribution in [0.1, 0.15) is 47.8 Å². The highest BCUT2D eigenvalue weighted by Gasteiger charge is 2.25. The summed E-state index contributed by atoms with van der Waals surface area (Å²) in [5, 5.41) is 6.16. The lowest BCUT2D eigenvalue weighted by Gasteiger charge is -2.36. The van der Waals surface area contributed by atoms with Gasteiger partial charge >= 0.3 is 6.09 Å². The monoisotopic (exact) mass is 438 g/mol. The van der Waals surface area contributed by atoms with Crippen LogP contribution >= 0.6 is 0 Å². The van der Waals surface area contributed by atoms with Crippen LogP contribution in [-0.2, 0) is 4.74 Å². The van der Waals surface area contributed by atoms with Crippen LogP contribution in [0.15, 0.2) is 48.5 Å². The summed E-state index contributed by atoms with van der Waals surface area (Å²) in [7, 11) is 1.35. The van der Waals surface area contributed by atoms with Crippen molar-refractivity contribution in [3.8, 4) is 0 Å². The van der Waals surface area contributed by atoms with Crippen molar-refractivity contribution >= 4 is 17.7 Å². The lowest BCUT2D eigenvalue weighted by molar-refractivity contribution is 0.0764. The molecular weight excluding hydrogens is 404 g/mol. The highest BCUT2D eigenvalue weighted by Crippen LogP contribution is 2.31. The Morgan fingerprint density at radius 2 is 1.81 bits per heavy atom. The molecule has 0 spiro atoms. The third-order valence-corrected chi connectivity index (χ3v) is 5.79. The molecular formula is C25H34N4O3. The van der Waals surface area contributed by atoms with E-state index in [-0.39, 0.29) is 11.9 Å². The number of anilines is 1. The number of carbonyl (C=O) groups excluding carboxylic acids is 2. The van der Waals surface area contributed by atoms with Gasteiger partial charge in [-0.3, -0.25) is 15.0 Å². The van der Waals surface area contributed by atoms with Gasteiger partial charge in [0.15, 0.2) is 0 Å². The fraction of sp³-hybridized carbons (Fsp3) is 0.440. The molecule has 1 heterocycles. The molecule has 1 saturated heterocycles. The summed E-state index contributed by atoms with van der Waals surface area (Å²) in [6, 6.07) is 15.9. The quantitative estimate of drug-likeness (QED) is 0.657. The van der Waals surface area contributed by atoms with E-state index in [0.717, 1.165) is 50.3 Å². The van der Waals surface area contributed by atoms with E-state index in [1.807, 2.05) is 42.2 Å². The van der Waals surface area contributed by atoms with Gasteiger partial charge in [0.05, 0.1) is 13.2 Å². The predicted octanol–water partition coefficient (Wildman–Crippen LogP) is 3.73. The Hall–Kier alpha value is -2.90. The van der Waals surface area contributed by atoms with Gasteiger partial charge in [-0.1, -0.05) is 31.2 Å². The van der Waals surface area contributed by atoms with E-state index in [4.69, 9.17) is 4.74 Å². The highest BCUT2D eigenvalue weighted by molar-refractivity contribution is 5.94. The zero-order valence-electron chi connectivity index (χ0n) is 19.3. The average molecular weight is 439 g/mol. The molecule has 1 fully saturated rings. The second-order valence-corrected chi connectivity index (χ2v) is 7.94. The summed E-state index contributed by atoms with van der Waals surface area (Å²) < 4.78 is 4.73. The first-order valence-corrected chi connectivity index (χ1v) is 11.4. The van der Waals surface area contributed by atoms with E-state index in [9.17, 15) is 9.59 Å². The molecule has 2 N–H and O–H groups in total. The van der Waals surface area contributed by atoms with Crippen LogP contribution in [0.4, 0.5) is 10.5 Å². The molecule has 0 aromatic heterocycles. The molecule has 0 radical (unpaired) electrons. The second-order valence-electron chi connectivity index (χ2n) is 7.94. The molecule has 1 aliphatic heterocycles. The molecule has 3 rings (SSSR count). The van der Waals surface area contributed by atoms with Crippen LogP contribution < -0.4 is 10.6 Å². The topological polar surface area (TPSA) is 73.9 Å². The standard InChI is InChI=1S/C25H34N4O3/c1-4-15-28(5-2)24(30)20-11-9-19(10-12-20)23(29-16-13-26-14-17-29)21-7-6-8-22(18-21)27-25(31)32-3/h6-12,18,23,26H,4-5,13-17H2,1-3H3,(H,27,31)/t23-/m0/s1. The largest absolute Gasteiger partial charge is 0.453 e. The van der Waals surface area contributed by atoms with Gasteiger partial charge in [-0.05, 0) is 48.7 Å². The van der Waals surface area contributed by atoms with E-state index in [1.54, 1.807) is 0 Å². The predicted molar refractivity (Wildman–Crippen MR) is 127 cm³/mol. The van der Waals surface area contributed by atoms with Gasteiger partial charge in [-0.25, -0.2) is 4.79 Å². The minimum Gasteiger partial charge on any atom is -0.453 e. The first-order valence-electron chi connectivity index (χ1n) is 11.4. The van der Waals surface area contributed by atoms with E-state index in [1.165, 1.54) is 7.11 Å². The van der Waals surface area contributed by atoms with Gasteiger partial charge < -0.3 is 15.0 Å². The molecule has 7 nitrogen and oxygen atoms in total. The number of rotatable bonds is 8. The number of hydrogen-bond acceptors (Lipinski definition) is 5. The van der Waals surface area contributed by atoms with Crippen molar-refractivity contribution in [2.24, 2.45) is 0 Å². The normalized spacial score (nSPS) is 15.1. The molecule has 1 aliphatic rings. The number of carbonyl (C=O) groups is 2. The Morgan fingerprint density at radius 3 is 2.44 bits per heavy atom. The first kappa shape index (κ1) is 23.8. The Kier molecular flexibility index (Phi) is 8.64. The number of piperazine rings is 1. The molecule has 0 unspecified atom stereocenters. The van der Waals surface area contributed by atoms with Crippen molar-refractivity contribution in [3.05, 3.63) is 65.2 Å². The van der Waals surface area contributed by atoms with Crippen molar-refractivity contribution in [3.63, 3.8) is 0 Å². The van der Waals surface area contributed by atoms with Gasteiger partial charge in [0.25, 0.3) is 5.91 Å². The third kappa shape index (κ3) is 5.87. The fourth-order valence-electron chi connectivity index (χ4n) is 4.17. The maximum atomic E-state index is 12.8. The number of nitrogens with one attached hydrogen (secondary N) is 2. The van der Waals surface area contributed by atoms with Gasteiger partial charge in [0.1, 0.15) is 0 Å². The maximum Gasteiger partial charge on any atom is 0.411 e. The third-order valence-electron chi connectivity index (χ3n) is 5.79. The van der Waals surface area contributed by atoms with Gasteiger partial charge in [0.2, 0.25) is 0 Å². The number of hydrogen-bond donors (Lipinski definition) is 2. The van der Waals surface area contributed by atoms with Gasteiger partial charge in [-0.2, -0.15) is 0 Å². The van der Waals surface area contributed by atoms with E-state index in [0.29, 0.717) is 17.8 Å². The Bertz CT molecular complexity index is 894. The summed E-state index contributed by atoms with van der Waals surface area (Å²) >= 11 is 0. The van der Waals surface area contributed by atoms with Crippen LogP contribution in [0.5, 0.6) is 0 Å². The molecule has 2 aromatic rings. The summed E-state index contributed by atoms with van der Waals surface area (Å²) in [5.41, 5.74) is 3.61. The number of methoxy groups -OCH3 is 1. The van der Waals surface area contributed by atoms with Crippen LogP contribution in [0.2, 0.25) is 0 Å². The summed E-state index contributed by atoms with van der Waals surface area (Å²) in [6.07, 6.45) is 0.454. The molecule has 7 heteroatoms. The molecule has 0 bridgehead atoms. The van der Waals surface area contributed by atoms with Crippen molar-refractivity contribution in [2.75, 3.05) is 51.7 Å². The summed E-state index contributed by atoms with van der Waals surface area (Å²) in [5.74, 6) is 0.0731. The molecule has 172 valence electrons. The number of ether oxygens (including phenoxy) is 1. The van der Waals surface area contributed by atoms with Crippen LogP contribution in [0, 0.1) is 0 Å². The van der Waals surface area contributed by atoms with Crippen LogP contribution in [-0.4, -0.2) is 68.2 Å². The Labute approximate surface area is 190 Å². The average Bonchev–Trinajstić information content (AvgIpc) is 2.83. The van der Waals surface area contributed by atoms with Crippen molar-refractivity contribution in [2.45, 2.75) is 26.3 Å². The smallest absolute Gasteiger partial charge is 0.411 e. The van der Waals surface area contributed by atoms with Gasteiger partial charge in [0, 0.05) is 50.5 Å².